The van der Waals surface area contributed by atoms with Crippen molar-refractivity contribution in [2.75, 3.05) is 31.9 Å². The van der Waals surface area contributed by atoms with Gasteiger partial charge in [-0.25, -0.2) is 9.97 Å². The van der Waals surface area contributed by atoms with E-state index in [1.54, 1.807) is 0 Å². The maximum Gasteiger partial charge on any atom is 0.225 e. The maximum absolute atomic E-state index is 12.1. The van der Waals surface area contributed by atoms with Crippen LogP contribution in [0.1, 0.15) is 49.4 Å². The summed E-state index contributed by atoms with van der Waals surface area (Å²) in [5, 5.41) is 1.10. The molecule has 27 heavy (non-hydrogen) atoms. The Kier molecular flexibility index (Phi) is 5.32. The number of aromatic nitrogens is 2. The number of nitrogen functional groups attached to an aromatic ring is 1. The largest absolute Gasteiger partial charge is 0.383 e. The van der Waals surface area contributed by atoms with Gasteiger partial charge in [0.15, 0.2) is 0 Å². The zero-order valence-electron chi connectivity index (χ0n) is 16.3. The number of hydrogen-bond donors (Lipinski definition) is 1. The second-order valence-corrected chi connectivity index (χ2v) is 9.11. The number of nitrogens with two attached hydrogens (primary N) is 1. The molecule has 2 aromatic rings. The number of anilines is 1. The molecule has 0 radical (unpaired) electrons. The van der Waals surface area contributed by atoms with Crippen molar-refractivity contribution in [2.45, 2.75) is 52.5 Å². The standard InChI is InChI=1S/C20H29N5OS/c1-13(2)20(26)25-10-8-24(9-11-25)12-16-22-18(21)17-14-6-4-3-5-7-15(14)27-19(17)23-16/h13H,3-12H2,1-2H3,(H2,21,22,23). The smallest absolute Gasteiger partial charge is 0.225 e. The molecule has 2 aromatic heterocycles. The Morgan fingerprint density at radius 2 is 1.85 bits per heavy atom. The minimum absolute atomic E-state index is 0.0659. The summed E-state index contributed by atoms with van der Waals surface area (Å²) in [6.45, 7) is 7.91. The van der Waals surface area contributed by atoms with E-state index in [1.165, 1.54) is 29.7 Å². The van der Waals surface area contributed by atoms with Crippen LogP contribution in [0.4, 0.5) is 5.82 Å². The van der Waals surface area contributed by atoms with Crippen LogP contribution in [-0.4, -0.2) is 51.9 Å². The molecule has 0 bridgehead atoms. The molecular weight excluding hydrogens is 358 g/mol. The number of rotatable bonds is 3. The summed E-state index contributed by atoms with van der Waals surface area (Å²) in [5.41, 5.74) is 7.76. The summed E-state index contributed by atoms with van der Waals surface area (Å²) in [4.78, 5) is 28.4. The number of fused-ring (bicyclic) bond motifs is 3. The molecule has 0 saturated carbocycles. The van der Waals surface area contributed by atoms with Gasteiger partial charge in [-0.2, -0.15) is 0 Å². The van der Waals surface area contributed by atoms with E-state index in [9.17, 15) is 4.79 Å². The van der Waals surface area contributed by atoms with Gasteiger partial charge >= 0.3 is 0 Å². The molecule has 146 valence electrons. The van der Waals surface area contributed by atoms with Crippen molar-refractivity contribution in [3.05, 3.63) is 16.3 Å². The number of thiophene rings is 1. The molecule has 0 unspecified atom stereocenters. The van der Waals surface area contributed by atoms with Gasteiger partial charge in [-0.3, -0.25) is 9.69 Å². The minimum atomic E-state index is 0.0659. The van der Waals surface area contributed by atoms with Crippen LogP contribution < -0.4 is 5.73 Å². The molecule has 0 atom stereocenters. The lowest BCUT2D eigenvalue weighted by Gasteiger charge is -2.35. The fraction of sp³-hybridized carbons (Fsp3) is 0.650. The number of amides is 1. The third-order valence-electron chi connectivity index (χ3n) is 5.68. The predicted molar refractivity (Wildman–Crippen MR) is 110 cm³/mol. The first kappa shape index (κ1) is 18.6. The van der Waals surface area contributed by atoms with Gasteiger partial charge in [0, 0.05) is 37.0 Å². The zero-order valence-corrected chi connectivity index (χ0v) is 17.1. The van der Waals surface area contributed by atoms with Crippen LogP contribution >= 0.6 is 11.3 Å². The second kappa shape index (κ2) is 7.72. The second-order valence-electron chi connectivity index (χ2n) is 8.03. The van der Waals surface area contributed by atoms with Crippen LogP contribution in [-0.2, 0) is 24.2 Å². The van der Waals surface area contributed by atoms with Crippen LogP contribution in [0.25, 0.3) is 10.2 Å². The first-order valence-electron chi connectivity index (χ1n) is 10.1. The Hall–Kier alpha value is -1.73. The van der Waals surface area contributed by atoms with Gasteiger partial charge in [0.05, 0.1) is 11.9 Å². The summed E-state index contributed by atoms with van der Waals surface area (Å²) < 4.78 is 0. The molecule has 0 spiro atoms. The summed E-state index contributed by atoms with van der Waals surface area (Å²) in [7, 11) is 0. The third kappa shape index (κ3) is 3.80. The Morgan fingerprint density at radius 1 is 1.11 bits per heavy atom. The lowest BCUT2D eigenvalue weighted by Crippen LogP contribution is -2.49. The van der Waals surface area contributed by atoms with Gasteiger partial charge < -0.3 is 10.6 Å². The van der Waals surface area contributed by atoms with Crippen molar-refractivity contribution in [3.8, 4) is 0 Å². The monoisotopic (exact) mass is 387 g/mol. The third-order valence-corrected chi connectivity index (χ3v) is 6.87. The average molecular weight is 388 g/mol. The summed E-state index contributed by atoms with van der Waals surface area (Å²) in [6, 6.07) is 0. The highest BCUT2D eigenvalue weighted by atomic mass is 32.1. The van der Waals surface area contributed by atoms with Crippen molar-refractivity contribution >= 4 is 33.3 Å². The normalized spacial score (nSPS) is 18.7. The van der Waals surface area contributed by atoms with Gasteiger partial charge in [0.25, 0.3) is 0 Å². The Labute approximate surface area is 164 Å². The summed E-state index contributed by atoms with van der Waals surface area (Å²) in [6.07, 6.45) is 6.05. The number of aryl methyl sites for hydroxylation is 2. The van der Waals surface area contributed by atoms with Crippen molar-refractivity contribution in [3.63, 3.8) is 0 Å². The van der Waals surface area contributed by atoms with Crippen LogP contribution in [0, 0.1) is 5.92 Å². The molecular formula is C20H29N5OS. The van der Waals surface area contributed by atoms with Crippen molar-refractivity contribution in [1.82, 2.24) is 19.8 Å². The molecule has 7 heteroatoms. The van der Waals surface area contributed by atoms with E-state index in [2.05, 4.69) is 9.88 Å². The molecule has 0 aromatic carbocycles. The van der Waals surface area contributed by atoms with Gasteiger partial charge in [0.1, 0.15) is 16.5 Å². The van der Waals surface area contributed by atoms with E-state index in [1.807, 2.05) is 30.1 Å². The molecule has 1 aliphatic heterocycles. The van der Waals surface area contributed by atoms with Crippen LogP contribution in [0.2, 0.25) is 0 Å². The highest BCUT2D eigenvalue weighted by molar-refractivity contribution is 7.19. The fourth-order valence-corrected chi connectivity index (χ4v) is 5.46. The SMILES string of the molecule is CC(C)C(=O)N1CCN(Cc2nc(N)c3c4c(sc3n2)CCCCC4)CC1. The Bertz CT molecular complexity index is 838. The number of carbonyl (C=O) groups is 1. The highest BCUT2D eigenvalue weighted by Crippen LogP contribution is 2.37. The van der Waals surface area contributed by atoms with Gasteiger partial charge in [-0.05, 0) is 31.2 Å². The lowest BCUT2D eigenvalue weighted by atomic mass is 10.1. The summed E-state index contributed by atoms with van der Waals surface area (Å²) >= 11 is 1.81. The van der Waals surface area contributed by atoms with Gasteiger partial charge in [-0.1, -0.05) is 20.3 Å². The molecule has 3 heterocycles. The van der Waals surface area contributed by atoms with E-state index in [0.29, 0.717) is 12.4 Å². The number of hydrogen-bond acceptors (Lipinski definition) is 6. The molecule has 1 saturated heterocycles. The fourth-order valence-electron chi connectivity index (χ4n) is 4.17. The van der Waals surface area contributed by atoms with E-state index < -0.39 is 0 Å². The van der Waals surface area contributed by atoms with Crippen molar-refractivity contribution in [2.24, 2.45) is 5.92 Å². The highest BCUT2D eigenvalue weighted by Gasteiger charge is 2.24. The lowest BCUT2D eigenvalue weighted by molar-refractivity contribution is -0.136. The number of nitrogens with zero attached hydrogens (tertiary/aromatic N) is 4. The molecule has 1 fully saturated rings. The van der Waals surface area contributed by atoms with Crippen LogP contribution in [0.3, 0.4) is 0 Å². The molecule has 6 nitrogen and oxygen atoms in total. The zero-order chi connectivity index (χ0) is 19.0. The summed E-state index contributed by atoms with van der Waals surface area (Å²) in [5.74, 6) is 1.76. The number of carbonyl (C=O) groups excluding carboxylic acids is 1. The Balaban J connectivity index is 1.48. The molecule has 1 aliphatic carbocycles. The molecule has 1 amide bonds. The van der Waals surface area contributed by atoms with E-state index in [-0.39, 0.29) is 11.8 Å². The maximum atomic E-state index is 12.1. The topological polar surface area (TPSA) is 75.4 Å². The minimum Gasteiger partial charge on any atom is -0.383 e. The Morgan fingerprint density at radius 3 is 2.59 bits per heavy atom. The molecule has 2 N–H and O–H groups in total. The van der Waals surface area contributed by atoms with Gasteiger partial charge in [-0.15, -0.1) is 11.3 Å². The first-order chi connectivity index (χ1) is 13.0. The average Bonchev–Trinajstić information content (AvgIpc) is 2.83. The van der Waals surface area contributed by atoms with Crippen molar-refractivity contribution < 1.29 is 4.79 Å². The predicted octanol–water partition coefficient (Wildman–Crippen LogP) is 2.84. The van der Waals surface area contributed by atoms with Gasteiger partial charge in [0.2, 0.25) is 5.91 Å². The van der Waals surface area contributed by atoms with Crippen LogP contribution in [0.5, 0.6) is 0 Å². The molecule has 4 rings (SSSR count). The van der Waals surface area contributed by atoms with Crippen molar-refractivity contribution in [1.29, 1.82) is 0 Å². The molecule has 2 aliphatic rings. The quantitative estimate of drug-likeness (QED) is 0.820. The number of piperazine rings is 1. The van der Waals surface area contributed by atoms with Crippen LogP contribution in [0.15, 0.2) is 0 Å². The first-order valence-corrected chi connectivity index (χ1v) is 10.9. The van der Waals surface area contributed by atoms with E-state index in [0.717, 1.165) is 55.1 Å². The van der Waals surface area contributed by atoms with E-state index in [4.69, 9.17) is 10.7 Å². The van der Waals surface area contributed by atoms with E-state index >= 15 is 0 Å².